The van der Waals surface area contributed by atoms with Crippen LogP contribution in [0.25, 0.3) is 0 Å². The molecule has 2 heterocycles. The molecule has 2 aromatic carbocycles. The second-order valence-electron chi connectivity index (χ2n) is 6.49. The third-order valence-corrected chi connectivity index (χ3v) is 4.97. The van der Waals surface area contributed by atoms with Gasteiger partial charge in [0.1, 0.15) is 6.54 Å². The molecule has 2 aromatic rings. The van der Waals surface area contributed by atoms with E-state index in [1.54, 1.807) is 4.90 Å². The SMILES string of the molecule is O=C(CN1C(=O)Cc2ccccc21)N1CCN(c2ccccc2)CC1. The van der Waals surface area contributed by atoms with E-state index in [4.69, 9.17) is 0 Å². The highest BCUT2D eigenvalue weighted by molar-refractivity contribution is 6.04. The van der Waals surface area contributed by atoms with Gasteiger partial charge in [-0.2, -0.15) is 0 Å². The number of nitrogens with zero attached hydrogens (tertiary/aromatic N) is 3. The fourth-order valence-electron chi connectivity index (χ4n) is 3.58. The molecule has 0 unspecified atom stereocenters. The third-order valence-electron chi connectivity index (χ3n) is 4.97. The van der Waals surface area contributed by atoms with Crippen LogP contribution in [-0.2, 0) is 16.0 Å². The highest BCUT2D eigenvalue weighted by Gasteiger charge is 2.30. The van der Waals surface area contributed by atoms with Crippen molar-refractivity contribution in [3.63, 3.8) is 0 Å². The van der Waals surface area contributed by atoms with Crippen molar-refractivity contribution in [2.75, 3.05) is 42.5 Å². The van der Waals surface area contributed by atoms with Crippen LogP contribution in [-0.4, -0.2) is 49.4 Å². The minimum atomic E-state index is 0.0115. The summed E-state index contributed by atoms with van der Waals surface area (Å²) in [4.78, 5) is 30.7. The van der Waals surface area contributed by atoms with Crippen molar-refractivity contribution in [1.82, 2.24) is 4.90 Å². The number of piperazine rings is 1. The molecule has 1 fully saturated rings. The number of benzene rings is 2. The molecule has 0 radical (unpaired) electrons. The Morgan fingerprint density at radius 1 is 0.880 bits per heavy atom. The highest BCUT2D eigenvalue weighted by atomic mass is 16.2. The van der Waals surface area contributed by atoms with Gasteiger partial charge in [0, 0.05) is 37.6 Å². The smallest absolute Gasteiger partial charge is 0.242 e. The van der Waals surface area contributed by atoms with Crippen LogP contribution >= 0.6 is 0 Å². The fourth-order valence-corrected chi connectivity index (χ4v) is 3.58. The second kappa shape index (κ2) is 6.59. The van der Waals surface area contributed by atoms with E-state index in [1.807, 2.05) is 47.4 Å². The van der Waals surface area contributed by atoms with Gasteiger partial charge < -0.3 is 14.7 Å². The maximum absolute atomic E-state index is 12.7. The Morgan fingerprint density at radius 3 is 2.32 bits per heavy atom. The largest absolute Gasteiger partial charge is 0.368 e. The van der Waals surface area contributed by atoms with Gasteiger partial charge in [-0.1, -0.05) is 36.4 Å². The molecule has 4 rings (SSSR count). The quantitative estimate of drug-likeness (QED) is 0.861. The number of para-hydroxylation sites is 2. The summed E-state index contributed by atoms with van der Waals surface area (Å²) in [5.41, 5.74) is 3.08. The molecular weight excluding hydrogens is 314 g/mol. The highest BCUT2D eigenvalue weighted by Crippen LogP contribution is 2.28. The zero-order valence-corrected chi connectivity index (χ0v) is 14.1. The summed E-state index contributed by atoms with van der Waals surface area (Å²) in [7, 11) is 0. The summed E-state index contributed by atoms with van der Waals surface area (Å²) >= 11 is 0. The van der Waals surface area contributed by atoms with E-state index < -0.39 is 0 Å². The standard InChI is InChI=1S/C20H21N3O2/c24-19-14-16-6-4-5-9-18(16)23(19)15-20(25)22-12-10-21(11-13-22)17-7-2-1-3-8-17/h1-9H,10-15H2. The van der Waals surface area contributed by atoms with Gasteiger partial charge in [-0.3, -0.25) is 9.59 Å². The van der Waals surface area contributed by atoms with Crippen LogP contribution in [0, 0.1) is 0 Å². The zero-order chi connectivity index (χ0) is 17.2. The lowest BCUT2D eigenvalue weighted by atomic mass is 10.2. The number of hydrogen-bond acceptors (Lipinski definition) is 3. The van der Waals surface area contributed by atoms with Gasteiger partial charge in [-0.25, -0.2) is 0 Å². The predicted molar refractivity (Wildman–Crippen MR) is 97.7 cm³/mol. The Kier molecular flexibility index (Phi) is 4.14. The minimum absolute atomic E-state index is 0.0115. The summed E-state index contributed by atoms with van der Waals surface area (Å²) < 4.78 is 0. The molecule has 0 aliphatic carbocycles. The van der Waals surface area contributed by atoms with Crippen molar-refractivity contribution in [3.05, 3.63) is 60.2 Å². The van der Waals surface area contributed by atoms with E-state index >= 15 is 0 Å². The number of fused-ring (bicyclic) bond motifs is 1. The van der Waals surface area contributed by atoms with Gasteiger partial charge in [-0.15, -0.1) is 0 Å². The Morgan fingerprint density at radius 2 is 1.56 bits per heavy atom. The van der Waals surface area contributed by atoms with Crippen molar-refractivity contribution >= 4 is 23.2 Å². The summed E-state index contributed by atoms with van der Waals surface area (Å²) in [5, 5.41) is 0. The van der Waals surface area contributed by atoms with Gasteiger partial charge in [0.15, 0.2) is 0 Å². The number of rotatable bonds is 3. The third kappa shape index (κ3) is 3.09. The van der Waals surface area contributed by atoms with E-state index in [0.717, 1.165) is 24.3 Å². The molecule has 0 spiro atoms. The maximum Gasteiger partial charge on any atom is 0.242 e. The van der Waals surface area contributed by atoms with Crippen molar-refractivity contribution in [2.24, 2.45) is 0 Å². The van der Waals surface area contributed by atoms with Crippen molar-refractivity contribution in [3.8, 4) is 0 Å². The first kappa shape index (κ1) is 15.7. The summed E-state index contributed by atoms with van der Waals surface area (Å²) in [6, 6.07) is 18.0. The molecule has 2 amide bonds. The summed E-state index contributed by atoms with van der Waals surface area (Å²) in [5.74, 6) is 0.0373. The van der Waals surface area contributed by atoms with Crippen LogP contribution in [0.15, 0.2) is 54.6 Å². The van der Waals surface area contributed by atoms with E-state index in [1.165, 1.54) is 5.69 Å². The number of carbonyl (C=O) groups is 2. The average Bonchev–Trinajstić information content (AvgIpc) is 2.98. The summed E-state index contributed by atoms with van der Waals surface area (Å²) in [6.45, 7) is 3.16. The van der Waals surface area contributed by atoms with Gasteiger partial charge in [0.25, 0.3) is 0 Å². The molecule has 128 valence electrons. The van der Waals surface area contributed by atoms with E-state index in [2.05, 4.69) is 17.0 Å². The second-order valence-corrected chi connectivity index (χ2v) is 6.49. The predicted octanol–water partition coefficient (Wildman–Crippen LogP) is 1.92. The first-order valence-corrected chi connectivity index (χ1v) is 8.68. The average molecular weight is 335 g/mol. The van der Waals surface area contributed by atoms with Crippen molar-refractivity contribution in [2.45, 2.75) is 6.42 Å². The lowest BCUT2D eigenvalue weighted by Crippen LogP contribution is -2.51. The first-order chi connectivity index (χ1) is 12.2. The molecule has 0 saturated carbocycles. The molecule has 5 nitrogen and oxygen atoms in total. The Bertz CT molecular complexity index is 783. The van der Waals surface area contributed by atoms with Crippen LogP contribution < -0.4 is 9.80 Å². The molecule has 1 saturated heterocycles. The van der Waals surface area contributed by atoms with Crippen LogP contribution in [0.4, 0.5) is 11.4 Å². The monoisotopic (exact) mass is 335 g/mol. The van der Waals surface area contributed by atoms with E-state index in [9.17, 15) is 9.59 Å². The lowest BCUT2D eigenvalue weighted by molar-refractivity contribution is -0.131. The lowest BCUT2D eigenvalue weighted by Gasteiger charge is -2.36. The Labute approximate surface area is 147 Å². The van der Waals surface area contributed by atoms with Gasteiger partial charge >= 0.3 is 0 Å². The van der Waals surface area contributed by atoms with Gasteiger partial charge in [0.2, 0.25) is 11.8 Å². The molecule has 0 aromatic heterocycles. The number of amides is 2. The number of anilines is 2. The van der Waals surface area contributed by atoms with Gasteiger partial charge in [0.05, 0.1) is 6.42 Å². The molecule has 0 atom stereocenters. The Balaban J connectivity index is 1.38. The molecule has 2 aliphatic heterocycles. The molecule has 0 bridgehead atoms. The fraction of sp³-hybridized carbons (Fsp3) is 0.300. The molecular formula is C20H21N3O2. The zero-order valence-electron chi connectivity index (χ0n) is 14.1. The Hall–Kier alpha value is -2.82. The molecule has 2 aliphatic rings. The van der Waals surface area contributed by atoms with Crippen LogP contribution in [0.3, 0.4) is 0 Å². The number of hydrogen-bond donors (Lipinski definition) is 0. The van der Waals surface area contributed by atoms with Crippen molar-refractivity contribution in [1.29, 1.82) is 0 Å². The molecule has 5 heteroatoms. The first-order valence-electron chi connectivity index (χ1n) is 8.68. The van der Waals surface area contributed by atoms with E-state index in [-0.39, 0.29) is 18.4 Å². The van der Waals surface area contributed by atoms with E-state index in [0.29, 0.717) is 19.5 Å². The molecule has 0 N–H and O–H groups in total. The summed E-state index contributed by atoms with van der Waals surface area (Å²) in [6.07, 6.45) is 0.394. The topological polar surface area (TPSA) is 43.9 Å². The van der Waals surface area contributed by atoms with Crippen LogP contribution in [0.5, 0.6) is 0 Å². The number of carbonyl (C=O) groups excluding carboxylic acids is 2. The van der Waals surface area contributed by atoms with Crippen LogP contribution in [0.2, 0.25) is 0 Å². The van der Waals surface area contributed by atoms with Crippen LogP contribution in [0.1, 0.15) is 5.56 Å². The molecule has 25 heavy (non-hydrogen) atoms. The minimum Gasteiger partial charge on any atom is -0.368 e. The normalized spacial score (nSPS) is 17.0. The van der Waals surface area contributed by atoms with Gasteiger partial charge in [-0.05, 0) is 23.8 Å². The maximum atomic E-state index is 12.7. The van der Waals surface area contributed by atoms with Crippen molar-refractivity contribution < 1.29 is 9.59 Å².